The normalized spacial score (nSPS) is 16.9. The summed E-state index contributed by atoms with van der Waals surface area (Å²) in [5, 5.41) is 19.6. The molecular weight excluding hydrogens is 398 g/mol. The Hall–Kier alpha value is -3.98. The van der Waals surface area contributed by atoms with Crippen LogP contribution in [0.2, 0.25) is 0 Å². The molecule has 1 atom stereocenters. The maximum atomic E-state index is 12.5. The molecule has 1 unspecified atom stereocenters. The second-order valence-corrected chi connectivity index (χ2v) is 7.75. The Balaban J connectivity index is 0.000000354. The summed E-state index contributed by atoms with van der Waals surface area (Å²) in [4.78, 5) is 12.5. The van der Waals surface area contributed by atoms with Crippen LogP contribution in [0.25, 0.3) is 0 Å². The van der Waals surface area contributed by atoms with Gasteiger partial charge < -0.3 is 26.7 Å². The van der Waals surface area contributed by atoms with Crippen molar-refractivity contribution in [2.24, 2.45) is 5.92 Å². The van der Waals surface area contributed by atoms with E-state index in [-0.39, 0.29) is 11.9 Å². The van der Waals surface area contributed by atoms with Gasteiger partial charge in [0.15, 0.2) is 0 Å². The van der Waals surface area contributed by atoms with E-state index in [4.69, 9.17) is 5.41 Å². The fourth-order valence-corrected chi connectivity index (χ4v) is 3.32. The fourth-order valence-electron chi connectivity index (χ4n) is 3.32. The van der Waals surface area contributed by atoms with Crippen molar-refractivity contribution in [2.75, 3.05) is 17.2 Å². The Morgan fingerprint density at radius 3 is 2.62 bits per heavy atom. The summed E-state index contributed by atoms with van der Waals surface area (Å²) >= 11 is 0. The zero-order valence-electron chi connectivity index (χ0n) is 17.8. The van der Waals surface area contributed by atoms with Crippen LogP contribution in [0, 0.1) is 23.2 Å². The molecule has 1 fully saturated rings. The van der Waals surface area contributed by atoms with Crippen LogP contribution in [0.5, 0.6) is 0 Å². The molecule has 2 aromatic rings. The Bertz CT molecular complexity index is 1080. The van der Waals surface area contributed by atoms with E-state index in [1.807, 2.05) is 48.8 Å². The summed E-state index contributed by atoms with van der Waals surface area (Å²) in [5.74, 6) is 6.56. The molecule has 2 heterocycles. The highest BCUT2D eigenvalue weighted by molar-refractivity contribution is 6.00. The lowest BCUT2D eigenvalue weighted by Gasteiger charge is -2.30. The molecule has 2 aliphatic heterocycles. The molecule has 0 aromatic heterocycles. The smallest absolute Gasteiger partial charge is 0.254 e. The van der Waals surface area contributed by atoms with Crippen molar-refractivity contribution in [1.82, 2.24) is 10.6 Å². The molecule has 162 valence electrons. The Kier molecular flexibility index (Phi) is 6.88. The van der Waals surface area contributed by atoms with Gasteiger partial charge in [-0.1, -0.05) is 42.2 Å². The molecule has 0 saturated heterocycles. The quantitative estimate of drug-likeness (QED) is 0.355. The Morgan fingerprint density at radius 2 is 1.97 bits per heavy atom. The SMILES string of the molecule is C1=CNC=CC1.N=CC1Nc2cc(Nc3ccccc3C(=O)NCC#CC3CC3)ccc21. The van der Waals surface area contributed by atoms with Gasteiger partial charge in [-0.2, -0.15) is 0 Å². The van der Waals surface area contributed by atoms with Gasteiger partial charge in [-0.3, -0.25) is 4.79 Å². The van der Waals surface area contributed by atoms with E-state index in [9.17, 15) is 4.79 Å². The third-order valence-electron chi connectivity index (χ3n) is 5.24. The molecule has 0 spiro atoms. The van der Waals surface area contributed by atoms with E-state index in [1.165, 1.54) is 19.1 Å². The topological polar surface area (TPSA) is 89.0 Å². The first-order chi connectivity index (χ1) is 15.7. The molecule has 2 aromatic carbocycles. The predicted molar refractivity (Wildman–Crippen MR) is 130 cm³/mol. The van der Waals surface area contributed by atoms with Gasteiger partial charge in [0.1, 0.15) is 0 Å². The second-order valence-electron chi connectivity index (χ2n) is 7.75. The lowest BCUT2D eigenvalue weighted by atomic mass is 9.97. The number of rotatable bonds is 5. The highest BCUT2D eigenvalue weighted by Crippen LogP contribution is 2.37. The minimum absolute atomic E-state index is 0.00821. The van der Waals surface area contributed by atoms with E-state index < -0.39 is 0 Å². The monoisotopic (exact) mass is 425 g/mol. The average Bonchev–Trinajstić information content (AvgIpc) is 3.65. The highest BCUT2D eigenvalue weighted by atomic mass is 16.1. The van der Waals surface area contributed by atoms with E-state index in [0.717, 1.165) is 29.0 Å². The lowest BCUT2D eigenvalue weighted by molar-refractivity contribution is 0.0959. The minimum Gasteiger partial charge on any atom is -0.373 e. The molecule has 1 amide bonds. The van der Waals surface area contributed by atoms with Crippen LogP contribution in [0.4, 0.5) is 17.1 Å². The van der Waals surface area contributed by atoms with Crippen LogP contribution >= 0.6 is 0 Å². The largest absolute Gasteiger partial charge is 0.373 e. The van der Waals surface area contributed by atoms with E-state index in [1.54, 1.807) is 6.07 Å². The molecule has 1 saturated carbocycles. The predicted octanol–water partition coefficient (Wildman–Crippen LogP) is 4.70. The van der Waals surface area contributed by atoms with Crippen LogP contribution in [0.3, 0.4) is 0 Å². The molecule has 5 N–H and O–H groups in total. The molecular formula is C26H27N5O. The van der Waals surface area contributed by atoms with Gasteiger partial charge in [0.25, 0.3) is 5.91 Å². The van der Waals surface area contributed by atoms with Crippen molar-refractivity contribution in [2.45, 2.75) is 25.3 Å². The van der Waals surface area contributed by atoms with Gasteiger partial charge in [-0.05, 0) is 55.9 Å². The van der Waals surface area contributed by atoms with Crippen molar-refractivity contribution in [3.8, 4) is 11.8 Å². The van der Waals surface area contributed by atoms with Gasteiger partial charge >= 0.3 is 0 Å². The van der Waals surface area contributed by atoms with Gasteiger partial charge in [-0.25, -0.2) is 0 Å². The number of carbonyl (C=O) groups excluding carboxylic acids is 1. The van der Waals surface area contributed by atoms with Crippen LogP contribution < -0.4 is 21.3 Å². The number of dihydropyridines is 1. The first kappa shape index (κ1) is 21.3. The summed E-state index contributed by atoms with van der Waals surface area (Å²) in [6.07, 6.45) is 12.8. The van der Waals surface area contributed by atoms with Gasteiger partial charge in [0.2, 0.25) is 0 Å². The molecule has 6 heteroatoms. The molecule has 0 radical (unpaired) electrons. The number of benzene rings is 2. The Labute approximate surface area is 188 Å². The second kappa shape index (κ2) is 10.4. The van der Waals surface area contributed by atoms with Crippen LogP contribution in [-0.4, -0.2) is 18.7 Å². The van der Waals surface area contributed by atoms with E-state index >= 15 is 0 Å². The van der Waals surface area contributed by atoms with E-state index in [2.05, 4.69) is 45.3 Å². The third-order valence-corrected chi connectivity index (χ3v) is 5.24. The van der Waals surface area contributed by atoms with E-state index in [0.29, 0.717) is 18.0 Å². The number of para-hydroxylation sites is 1. The fraction of sp³-hybridized carbons (Fsp3) is 0.231. The van der Waals surface area contributed by atoms with Crippen LogP contribution in [0.1, 0.15) is 41.2 Å². The number of hydrogen-bond acceptors (Lipinski definition) is 5. The number of amides is 1. The number of hydrogen-bond donors (Lipinski definition) is 5. The molecule has 32 heavy (non-hydrogen) atoms. The zero-order chi connectivity index (χ0) is 22.2. The number of allylic oxidation sites excluding steroid dienone is 2. The molecule has 3 aliphatic rings. The third kappa shape index (κ3) is 5.58. The number of nitrogens with one attached hydrogen (secondary N) is 5. The summed E-state index contributed by atoms with van der Waals surface area (Å²) in [6, 6.07) is 13.4. The van der Waals surface area contributed by atoms with Gasteiger partial charge in [-0.15, -0.1) is 0 Å². The van der Waals surface area contributed by atoms with Crippen LogP contribution in [0.15, 0.2) is 67.0 Å². The summed E-state index contributed by atoms with van der Waals surface area (Å²) in [6.45, 7) is 0.372. The molecule has 6 nitrogen and oxygen atoms in total. The first-order valence-corrected chi connectivity index (χ1v) is 10.8. The average molecular weight is 426 g/mol. The summed E-state index contributed by atoms with van der Waals surface area (Å²) < 4.78 is 0. The zero-order valence-corrected chi connectivity index (χ0v) is 17.8. The maximum absolute atomic E-state index is 12.5. The first-order valence-electron chi connectivity index (χ1n) is 10.8. The van der Waals surface area contributed by atoms with Gasteiger partial charge in [0, 0.05) is 29.1 Å². The summed E-state index contributed by atoms with van der Waals surface area (Å²) in [5.41, 5.74) is 4.37. The standard InChI is InChI=1S/C21H20N4O.C5H7N/c22-13-20-16-10-9-15(12-19(16)25-20)24-18-6-2-1-5-17(18)21(26)23-11-3-4-14-7-8-14;1-2-4-6-5-3-1/h1-2,5-6,9-10,12-14,20,22,24-25H,7-8,11H2,(H,23,26);2-6H,1H2. The number of anilines is 3. The highest BCUT2D eigenvalue weighted by Gasteiger charge is 2.23. The maximum Gasteiger partial charge on any atom is 0.254 e. The lowest BCUT2D eigenvalue weighted by Crippen LogP contribution is -2.24. The molecule has 1 aliphatic carbocycles. The van der Waals surface area contributed by atoms with Crippen molar-refractivity contribution in [3.63, 3.8) is 0 Å². The van der Waals surface area contributed by atoms with Crippen LogP contribution in [-0.2, 0) is 0 Å². The van der Waals surface area contributed by atoms with Crippen molar-refractivity contribution in [3.05, 3.63) is 78.1 Å². The number of carbonyl (C=O) groups is 1. The Morgan fingerprint density at radius 1 is 1.16 bits per heavy atom. The molecule has 0 bridgehead atoms. The van der Waals surface area contributed by atoms with Crippen molar-refractivity contribution < 1.29 is 4.79 Å². The van der Waals surface area contributed by atoms with Crippen molar-refractivity contribution >= 4 is 29.2 Å². The van der Waals surface area contributed by atoms with Gasteiger partial charge in [0.05, 0.1) is 23.8 Å². The summed E-state index contributed by atoms with van der Waals surface area (Å²) in [7, 11) is 0. The minimum atomic E-state index is -0.135. The molecule has 5 rings (SSSR count). The number of fused-ring (bicyclic) bond motifs is 1. The van der Waals surface area contributed by atoms with Crippen molar-refractivity contribution in [1.29, 1.82) is 5.41 Å².